The van der Waals surface area contributed by atoms with Crippen LogP contribution in [0.3, 0.4) is 0 Å². The van der Waals surface area contributed by atoms with Crippen molar-refractivity contribution in [3.63, 3.8) is 0 Å². The number of benzene rings is 2. The van der Waals surface area contributed by atoms with Crippen molar-refractivity contribution in [2.24, 2.45) is 0 Å². The Balaban J connectivity index is 1.91. The van der Waals surface area contributed by atoms with Crippen LogP contribution in [0.5, 0.6) is 0 Å². The van der Waals surface area contributed by atoms with Gasteiger partial charge in [0.25, 0.3) is 0 Å². The minimum absolute atomic E-state index is 0.108. The molecule has 2 rings (SSSR count). The molecule has 2 aromatic carbocycles. The van der Waals surface area contributed by atoms with Crippen LogP contribution >= 0.6 is 0 Å². The Morgan fingerprint density at radius 2 is 1.10 bits per heavy atom. The number of nitrogens with zero attached hydrogens (tertiary/aromatic N) is 1. The standard InChI is InChI=1S/C18H23NO/c1-15(13-17-9-5-3-6-10-17)19(20)16(2)14-18-11-7-4-8-12-18/h3-12,15-16,20H,13-14H2,1-2H3/t15-,16+. The molecule has 0 saturated carbocycles. The van der Waals surface area contributed by atoms with Crippen LogP contribution in [-0.2, 0) is 12.8 Å². The molecule has 2 heteroatoms. The van der Waals surface area contributed by atoms with Gasteiger partial charge in [-0.2, -0.15) is 5.06 Å². The Bertz CT molecular complexity index is 450. The smallest absolute Gasteiger partial charge is 0.0365 e. The van der Waals surface area contributed by atoms with Gasteiger partial charge in [0.05, 0.1) is 0 Å². The molecule has 2 nitrogen and oxygen atoms in total. The molecule has 0 heterocycles. The summed E-state index contributed by atoms with van der Waals surface area (Å²) in [6.45, 7) is 4.13. The molecular formula is C18H23NO. The fraction of sp³-hybridized carbons (Fsp3) is 0.333. The molecule has 0 aliphatic carbocycles. The maximum atomic E-state index is 10.3. The Labute approximate surface area is 121 Å². The summed E-state index contributed by atoms with van der Waals surface area (Å²) in [7, 11) is 0. The average molecular weight is 269 g/mol. The molecule has 0 radical (unpaired) electrons. The van der Waals surface area contributed by atoms with Gasteiger partial charge in [0, 0.05) is 12.1 Å². The van der Waals surface area contributed by atoms with Gasteiger partial charge >= 0.3 is 0 Å². The lowest BCUT2D eigenvalue weighted by molar-refractivity contribution is -0.150. The second-order valence-electron chi connectivity index (χ2n) is 5.46. The topological polar surface area (TPSA) is 23.5 Å². The van der Waals surface area contributed by atoms with Gasteiger partial charge in [-0.25, -0.2) is 0 Å². The van der Waals surface area contributed by atoms with Crippen LogP contribution in [0.15, 0.2) is 60.7 Å². The van der Waals surface area contributed by atoms with Crippen LogP contribution in [-0.4, -0.2) is 22.4 Å². The summed E-state index contributed by atoms with van der Waals surface area (Å²) in [4.78, 5) is 0. The summed E-state index contributed by atoms with van der Waals surface area (Å²) >= 11 is 0. The van der Waals surface area contributed by atoms with Gasteiger partial charge in [-0.05, 0) is 37.8 Å². The largest absolute Gasteiger partial charge is 0.313 e. The van der Waals surface area contributed by atoms with Gasteiger partial charge in [0.2, 0.25) is 0 Å². The Hall–Kier alpha value is -1.64. The fourth-order valence-electron chi connectivity index (χ4n) is 2.53. The minimum Gasteiger partial charge on any atom is -0.313 e. The molecule has 1 N–H and O–H groups in total. The van der Waals surface area contributed by atoms with E-state index >= 15 is 0 Å². The van der Waals surface area contributed by atoms with Crippen LogP contribution in [0.2, 0.25) is 0 Å². The predicted octanol–water partition coefficient (Wildman–Crippen LogP) is 3.94. The molecule has 0 bridgehead atoms. The highest BCUT2D eigenvalue weighted by atomic mass is 16.5. The molecule has 2 aromatic rings. The Morgan fingerprint density at radius 1 is 0.750 bits per heavy atom. The Kier molecular flexibility index (Phi) is 5.33. The van der Waals surface area contributed by atoms with Crippen LogP contribution < -0.4 is 0 Å². The van der Waals surface area contributed by atoms with Gasteiger partial charge in [-0.1, -0.05) is 60.7 Å². The van der Waals surface area contributed by atoms with Crippen molar-refractivity contribution in [2.45, 2.75) is 38.8 Å². The number of rotatable bonds is 6. The molecule has 0 spiro atoms. The Morgan fingerprint density at radius 3 is 1.45 bits per heavy atom. The molecule has 0 aliphatic heterocycles. The van der Waals surface area contributed by atoms with Gasteiger partial charge in [-0.3, -0.25) is 0 Å². The van der Waals surface area contributed by atoms with Crippen molar-refractivity contribution in [3.05, 3.63) is 71.8 Å². The van der Waals surface area contributed by atoms with E-state index in [0.717, 1.165) is 12.8 Å². The summed E-state index contributed by atoms with van der Waals surface area (Å²) in [6, 6.07) is 20.8. The molecule has 20 heavy (non-hydrogen) atoms. The number of hydrogen-bond donors (Lipinski definition) is 1. The van der Waals surface area contributed by atoms with Crippen molar-refractivity contribution in [1.29, 1.82) is 0 Å². The minimum atomic E-state index is 0.108. The SMILES string of the molecule is C[C@H](Cc1ccccc1)N(O)[C@@H](C)Cc1ccccc1. The van der Waals surface area contributed by atoms with Gasteiger partial charge in [-0.15, -0.1) is 0 Å². The van der Waals surface area contributed by atoms with Crippen molar-refractivity contribution in [2.75, 3.05) is 0 Å². The first-order chi connectivity index (χ1) is 9.66. The number of hydroxylamine groups is 2. The predicted molar refractivity (Wildman–Crippen MR) is 82.8 cm³/mol. The van der Waals surface area contributed by atoms with Crippen LogP contribution in [0.1, 0.15) is 25.0 Å². The van der Waals surface area contributed by atoms with E-state index in [1.54, 1.807) is 0 Å². The molecule has 0 unspecified atom stereocenters. The molecular weight excluding hydrogens is 246 g/mol. The molecule has 2 atom stereocenters. The third-order valence-electron chi connectivity index (χ3n) is 3.65. The zero-order valence-electron chi connectivity index (χ0n) is 12.2. The van der Waals surface area contributed by atoms with E-state index < -0.39 is 0 Å². The van der Waals surface area contributed by atoms with E-state index in [-0.39, 0.29) is 12.1 Å². The first kappa shape index (κ1) is 14.8. The van der Waals surface area contributed by atoms with Crippen LogP contribution in [0.25, 0.3) is 0 Å². The van der Waals surface area contributed by atoms with Gasteiger partial charge in [0.1, 0.15) is 0 Å². The molecule has 106 valence electrons. The monoisotopic (exact) mass is 269 g/mol. The van der Waals surface area contributed by atoms with Crippen molar-refractivity contribution in [1.82, 2.24) is 5.06 Å². The van der Waals surface area contributed by atoms with E-state index in [4.69, 9.17) is 0 Å². The van der Waals surface area contributed by atoms with E-state index in [1.165, 1.54) is 16.2 Å². The first-order valence-electron chi connectivity index (χ1n) is 7.22. The lowest BCUT2D eigenvalue weighted by Crippen LogP contribution is -2.39. The third-order valence-corrected chi connectivity index (χ3v) is 3.65. The lowest BCUT2D eigenvalue weighted by Gasteiger charge is -2.28. The molecule has 0 amide bonds. The van der Waals surface area contributed by atoms with Gasteiger partial charge in [0.15, 0.2) is 0 Å². The molecule has 0 aromatic heterocycles. The average Bonchev–Trinajstić information content (AvgIpc) is 2.48. The summed E-state index contributed by atoms with van der Waals surface area (Å²) in [5.41, 5.74) is 2.51. The molecule has 0 aliphatic rings. The fourth-order valence-corrected chi connectivity index (χ4v) is 2.53. The third kappa shape index (κ3) is 4.19. The highest BCUT2D eigenvalue weighted by Gasteiger charge is 2.18. The highest BCUT2D eigenvalue weighted by Crippen LogP contribution is 2.13. The van der Waals surface area contributed by atoms with Crippen LogP contribution in [0.4, 0.5) is 0 Å². The van der Waals surface area contributed by atoms with Crippen molar-refractivity contribution in [3.8, 4) is 0 Å². The van der Waals surface area contributed by atoms with Crippen molar-refractivity contribution >= 4 is 0 Å². The second-order valence-corrected chi connectivity index (χ2v) is 5.46. The summed E-state index contributed by atoms with van der Waals surface area (Å²) < 4.78 is 0. The second kappa shape index (κ2) is 7.22. The normalized spacial score (nSPS) is 14.2. The molecule has 0 fully saturated rings. The van der Waals surface area contributed by atoms with E-state index in [2.05, 4.69) is 38.1 Å². The zero-order valence-corrected chi connectivity index (χ0v) is 12.2. The maximum Gasteiger partial charge on any atom is 0.0365 e. The number of hydrogen-bond acceptors (Lipinski definition) is 2. The summed E-state index contributed by atoms with van der Waals surface area (Å²) in [5, 5.41) is 11.8. The van der Waals surface area contributed by atoms with Crippen LogP contribution in [0, 0.1) is 0 Å². The first-order valence-corrected chi connectivity index (χ1v) is 7.22. The van der Waals surface area contributed by atoms with Gasteiger partial charge < -0.3 is 5.21 Å². The zero-order chi connectivity index (χ0) is 14.4. The van der Waals surface area contributed by atoms with E-state index in [0.29, 0.717) is 0 Å². The van der Waals surface area contributed by atoms with E-state index in [1.807, 2.05) is 36.4 Å². The van der Waals surface area contributed by atoms with Crippen molar-refractivity contribution < 1.29 is 5.21 Å². The van der Waals surface area contributed by atoms with E-state index in [9.17, 15) is 5.21 Å². The molecule has 0 saturated heterocycles. The maximum absolute atomic E-state index is 10.3. The lowest BCUT2D eigenvalue weighted by atomic mass is 10.0. The summed E-state index contributed by atoms with van der Waals surface area (Å²) in [5.74, 6) is 0. The highest BCUT2D eigenvalue weighted by molar-refractivity contribution is 5.17. The summed E-state index contributed by atoms with van der Waals surface area (Å²) in [6.07, 6.45) is 1.72. The quantitative estimate of drug-likeness (QED) is 0.803.